The van der Waals surface area contributed by atoms with Crippen LogP contribution in [0.15, 0.2) is 37.4 Å². The third kappa shape index (κ3) is 7.12. The van der Waals surface area contributed by atoms with E-state index in [0.29, 0.717) is 18.1 Å². The normalized spacial score (nSPS) is 10.4. The summed E-state index contributed by atoms with van der Waals surface area (Å²) in [6.45, 7) is 12.3. The molecule has 0 aliphatic carbocycles. The molecule has 0 amide bonds. The van der Waals surface area contributed by atoms with E-state index in [4.69, 9.17) is 0 Å². The zero-order chi connectivity index (χ0) is 17.9. The molecule has 0 aromatic carbocycles. The summed E-state index contributed by atoms with van der Waals surface area (Å²) in [6.07, 6.45) is 10.1. The molecule has 3 aromatic heterocycles. The summed E-state index contributed by atoms with van der Waals surface area (Å²) in [5.74, 6) is 0. The average molecular weight is 333 g/mol. The molecule has 3 heterocycles. The molecule has 9 nitrogen and oxygen atoms in total. The van der Waals surface area contributed by atoms with Crippen molar-refractivity contribution in [2.45, 2.75) is 59.7 Å². The molecule has 3 aromatic rings. The largest absolute Gasteiger partial charge is 0.250 e. The molecule has 0 saturated carbocycles. The van der Waals surface area contributed by atoms with Gasteiger partial charge in [0.25, 0.3) is 0 Å². The van der Waals surface area contributed by atoms with Crippen LogP contribution in [0.5, 0.6) is 0 Å². The summed E-state index contributed by atoms with van der Waals surface area (Å²) in [7, 11) is 0. The third-order valence-electron chi connectivity index (χ3n) is 2.83. The van der Waals surface area contributed by atoms with Gasteiger partial charge in [-0.2, -0.15) is 20.1 Å². The molecule has 3 rings (SSSR count). The SMILES string of the molecule is CC(C)n1ccnn1.CC(C)n1cncn1.CC(C)n1nccn1. The van der Waals surface area contributed by atoms with Gasteiger partial charge >= 0.3 is 0 Å². The summed E-state index contributed by atoms with van der Waals surface area (Å²) in [4.78, 5) is 5.46. The molecule has 0 radical (unpaired) electrons. The van der Waals surface area contributed by atoms with E-state index < -0.39 is 0 Å². The quantitative estimate of drug-likeness (QED) is 0.731. The van der Waals surface area contributed by atoms with Crippen molar-refractivity contribution in [3.8, 4) is 0 Å². The Morgan fingerprint density at radius 1 is 0.708 bits per heavy atom. The molecule has 0 saturated heterocycles. The lowest BCUT2D eigenvalue weighted by Gasteiger charge is -2.00. The van der Waals surface area contributed by atoms with Gasteiger partial charge in [0.05, 0.1) is 24.6 Å². The van der Waals surface area contributed by atoms with Crippen LogP contribution in [-0.4, -0.2) is 44.8 Å². The van der Waals surface area contributed by atoms with E-state index in [2.05, 4.69) is 58.3 Å². The number of hydrogen-bond donors (Lipinski definition) is 0. The van der Waals surface area contributed by atoms with Crippen molar-refractivity contribution < 1.29 is 0 Å². The highest BCUT2D eigenvalue weighted by Crippen LogP contribution is 1.97. The first-order valence-electron chi connectivity index (χ1n) is 7.97. The molecule has 24 heavy (non-hydrogen) atoms. The van der Waals surface area contributed by atoms with Gasteiger partial charge < -0.3 is 0 Å². The molecule has 0 aliphatic rings. The van der Waals surface area contributed by atoms with Crippen LogP contribution in [0.25, 0.3) is 0 Å². The van der Waals surface area contributed by atoms with Crippen LogP contribution in [0.3, 0.4) is 0 Å². The summed E-state index contributed by atoms with van der Waals surface area (Å²) in [6, 6.07) is 1.24. The Kier molecular flexibility index (Phi) is 8.31. The Balaban J connectivity index is 0.000000180. The second-order valence-electron chi connectivity index (χ2n) is 5.89. The second kappa shape index (κ2) is 10.2. The first-order valence-corrected chi connectivity index (χ1v) is 7.97. The Bertz CT molecular complexity index is 519. The molecule has 0 N–H and O–H groups in total. The van der Waals surface area contributed by atoms with Gasteiger partial charge in [-0.25, -0.2) is 4.98 Å². The highest BCUT2D eigenvalue weighted by molar-refractivity contribution is 4.66. The number of rotatable bonds is 3. The fourth-order valence-electron chi connectivity index (χ4n) is 1.47. The topological polar surface area (TPSA) is 92.1 Å². The van der Waals surface area contributed by atoms with Crippen LogP contribution in [0.2, 0.25) is 0 Å². The van der Waals surface area contributed by atoms with Gasteiger partial charge in [-0.15, -0.1) is 5.10 Å². The minimum atomic E-state index is 0.380. The predicted octanol–water partition coefficient (Wildman–Crippen LogP) is 2.58. The van der Waals surface area contributed by atoms with Crippen LogP contribution < -0.4 is 0 Å². The lowest BCUT2D eigenvalue weighted by Crippen LogP contribution is -2.03. The van der Waals surface area contributed by atoms with Crippen molar-refractivity contribution in [3.05, 3.63) is 37.4 Å². The van der Waals surface area contributed by atoms with Crippen molar-refractivity contribution >= 4 is 0 Å². The van der Waals surface area contributed by atoms with Crippen LogP contribution in [-0.2, 0) is 0 Å². The smallest absolute Gasteiger partial charge is 0.137 e. The van der Waals surface area contributed by atoms with Gasteiger partial charge in [-0.1, -0.05) is 5.21 Å². The first kappa shape index (κ1) is 19.5. The number of hydrogen-bond acceptors (Lipinski definition) is 6. The third-order valence-corrected chi connectivity index (χ3v) is 2.83. The van der Waals surface area contributed by atoms with Crippen LogP contribution in [0.1, 0.15) is 59.7 Å². The van der Waals surface area contributed by atoms with E-state index in [1.165, 1.54) is 0 Å². The molecule has 0 bridgehead atoms. The van der Waals surface area contributed by atoms with Gasteiger partial charge in [0.15, 0.2) is 0 Å². The van der Waals surface area contributed by atoms with Gasteiger partial charge in [0, 0.05) is 18.3 Å². The van der Waals surface area contributed by atoms with Crippen molar-refractivity contribution in [1.82, 2.24) is 44.8 Å². The molecule has 0 fully saturated rings. The molecule has 9 heteroatoms. The number of nitrogens with zero attached hydrogens (tertiary/aromatic N) is 9. The standard InChI is InChI=1S/3C5H9N3/c1-5(2)8-4-6-3-7-8;1-5(2)8-4-3-6-7-8;1-5(2)8-6-3-4-7-8/h3*3-5H,1-2H3. The Morgan fingerprint density at radius 3 is 1.58 bits per heavy atom. The summed E-state index contributed by atoms with van der Waals surface area (Å²) >= 11 is 0. The van der Waals surface area contributed by atoms with E-state index >= 15 is 0 Å². The lowest BCUT2D eigenvalue weighted by atomic mass is 10.4. The van der Waals surface area contributed by atoms with Gasteiger partial charge in [-0.3, -0.25) is 9.36 Å². The van der Waals surface area contributed by atoms with Crippen molar-refractivity contribution in [1.29, 1.82) is 0 Å². The molecule has 0 spiro atoms. The Morgan fingerprint density at radius 2 is 1.33 bits per heavy atom. The van der Waals surface area contributed by atoms with Crippen molar-refractivity contribution in [2.75, 3.05) is 0 Å². The van der Waals surface area contributed by atoms with Gasteiger partial charge in [-0.05, 0) is 41.5 Å². The van der Waals surface area contributed by atoms with E-state index in [1.807, 2.05) is 20.0 Å². The Hall–Kier alpha value is -2.58. The van der Waals surface area contributed by atoms with Crippen molar-refractivity contribution in [2.24, 2.45) is 0 Å². The van der Waals surface area contributed by atoms with E-state index in [9.17, 15) is 0 Å². The summed E-state index contributed by atoms with van der Waals surface area (Å²) in [5, 5.41) is 19.2. The maximum Gasteiger partial charge on any atom is 0.137 e. The number of aromatic nitrogens is 9. The highest BCUT2D eigenvalue weighted by atomic mass is 15.5. The van der Waals surface area contributed by atoms with Gasteiger partial charge in [0.2, 0.25) is 0 Å². The van der Waals surface area contributed by atoms with E-state index in [1.54, 1.807) is 45.4 Å². The molecule has 0 aliphatic heterocycles. The fraction of sp³-hybridized carbons (Fsp3) is 0.600. The van der Waals surface area contributed by atoms with Crippen LogP contribution >= 0.6 is 0 Å². The van der Waals surface area contributed by atoms with Crippen LogP contribution in [0, 0.1) is 0 Å². The lowest BCUT2D eigenvalue weighted by molar-refractivity contribution is 0.466. The monoisotopic (exact) mass is 333 g/mol. The first-order chi connectivity index (χ1) is 11.4. The molecule has 0 atom stereocenters. The van der Waals surface area contributed by atoms with Gasteiger partial charge in [0.1, 0.15) is 12.7 Å². The second-order valence-corrected chi connectivity index (χ2v) is 5.89. The summed E-state index contributed by atoms with van der Waals surface area (Å²) in [5.41, 5.74) is 0. The van der Waals surface area contributed by atoms with Crippen LogP contribution in [0.4, 0.5) is 0 Å². The Labute approximate surface area is 142 Å². The maximum absolute atomic E-state index is 3.92. The minimum Gasteiger partial charge on any atom is -0.250 e. The highest BCUT2D eigenvalue weighted by Gasteiger charge is 1.94. The van der Waals surface area contributed by atoms with E-state index in [-0.39, 0.29) is 0 Å². The zero-order valence-electron chi connectivity index (χ0n) is 15.2. The van der Waals surface area contributed by atoms with E-state index in [0.717, 1.165) is 0 Å². The maximum atomic E-state index is 3.92. The molecule has 132 valence electrons. The predicted molar refractivity (Wildman–Crippen MR) is 91.2 cm³/mol. The average Bonchev–Trinajstić information content (AvgIpc) is 3.29. The molecule has 0 unspecified atom stereocenters. The fourth-order valence-corrected chi connectivity index (χ4v) is 1.47. The molecular weight excluding hydrogens is 306 g/mol. The summed E-state index contributed by atoms with van der Waals surface area (Å²) < 4.78 is 3.61. The van der Waals surface area contributed by atoms with Crippen molar-refractivity contribution in [3.63, 3.8) is 0 Å². The molecular formula is C15H27N9. The zero-order valence-corrected chi connectivity index (χ0v) is 15.2. The minimum absolute atomic E-state index is 0.380.